The van der Waals surface area contributed by atoms with Gasteiger partial charge < -0.3 is 10.2 Å². The number of sulfonamides is 1. The number of halogens is 2. The summed E-state index contributed by atoms with van der Waals surface area (Å²) in [6.07, 6.45) is 1.78. The first kappa shape index (κ1) is 28.9. The molecule has 2 rings (SSSR count). The molecule has 10 heteroatoms. The van der Waals surface area contributed by atoms with Gasteiger partial charge in [0.1, 0.15) is 12.6 Å². The molecule has 7 nitrogen and oxygen atoms in total. The molecule has 0 aliphatic rings. The van der Waals surface area contributed by atoms with Crippen LogP contribution in [0.3, 0.4) is 0 Å². The lowest BCUT2D eigenvalue weighted by Crippen LogP contribution is -2.52. The van der Waals surface area contributed by atoms with Crippen LogP contribution in [0, 0.1) is 13.8 Å². The summed E-state index contributed by atoms with van der Waals surface area (Å²) in [4.78, 5) is 27.9. The number of carbonyl (C=O) groups is 2. The van der Waals surface area contributed by atoms with Crippen molar-refractivity contribution in [2.24, 2.45) is 0 Å². The monoisotopic (exact) mass is 541 g/mol. The zero-order valence-corrected chi connectivity index (χ0v) is 23.3. The van der Waals surface area contributed by atoms with Crippen LogP contribution in [0.15, 0.2) is 36.4 Å². The van der Waals surface area contributed by atoms with Gasteiger partial charge in [0, 0.05) is 22.6 Å². The summed E-state index contributed by atoms with van der Waals surface area (Å²) >= 11 is 12.4. The summed E-state index contributed by atoms with van der Waals surface area (Å²) in [6.45, 7) is 8.67. The number of amides is 2. The maximum Gasteiger partial charge on any atom is 0.244 e. The van der Waals surface area contributed by atoms with Crippen molar-refractivity contribution in [2.75, 3.05) is 17.1 Å². The third kappa shape index (κ3) is 7.85. The van der Waals surface area contributed by atoms with Crippen molar-refractivity contribution in [1.82, 2.24) is 10.2 Å². The Balaban J connectivity index is 2.45. The van der Waals surface area contributed by atoms with Gasteiger partial charge in [-0.05, 0) is 63.4 Å². The maximum absolute atomic E-state index is 13.6. The Labute approximate surface area is 218 Å². The average Bonchev–Trinajstić information content (AvgIpc) is 2.76. The Kier molecular flexibility index (Phi) is 10.0. The van der Waals surface area contributed by atoms with Gasteiger partial charge in [0.25, 0.3) is 0 Å². The van der Waals surface area contributed by atoms with Crippen LogP contribution in [-0.4, -0.2) is 50.0 Å². The largest absolute Gasteiger partial charge is 0.352 e. The number of carbonyl (C=O) groups excluding carboxylic acids is 2. The highest BCUT2D eigenvalue weighted by molar-refractivity contribution is 7.92. The van der Waals surface area contributed by atoms with Crippen molar-refractivity contribution < 1.29 is 18.0 Å². The standard InChI is InChI=1S/C25H33Cl2N3O4S/c1-7-18(4)28-25(32)19(5)29(14-20-9-10-21(26)13-22(20)27)24(31)15-30(35(6,33)34)23-11-8-16(2)12-17(23)3/h8-13,18-19H,7,14-15H2,1-6H3,(H,28,32). The lowest BCUT2D eigenvalue weighted by atomic mass is 10.1. The van der Waals surface area contributed by atoms with Crippen LogP contribution in [-0.2, 0) is 26.2 Å². The van der Waals surface area contributed by atoms with E-state index in [4.69, 9.17) is 23.2 Å². The van der Waals surface area contributed by atoms with Gasteiger partial charge in [-0.2, -0.15) is 0 Å². The highest BCUT2D eigenvalue weighted by Gasteiger charge is 2.31. The predicted octanol–water partition coefficient (Wildman–Crippen LogP) is 4.71. The number of aryl methyl sites for hydroxylation is 2. The molecule has 0 radical (unpaired) electrons. The first-order valence-electron chi connectivity index (χ1n) is 11.3. The molecule has 2 aromatic carbocycles. The van der Waals surface area contributed by atoms with E-state index in [-0.39, 0.29) is 18.5 Å². The Morgan fingerprint density at radius 2 is 1.71 bits per heavy atom. The van der Waals surface area contributed by atoms with Crippen LogP contribution >= 0.6 is 23.2 Å². The number of anilines is 1. The van der Waals surface area contributed by atoms with E-state index in [1.807, 2.05) is 26.8 Å². The first-order chi connectivity index (χ1) is 16.2. The van der Waals surface area contributed by atoms with E-state index < -0.39 is 28.5 Å². The Morgan fingerprint density at radius 3 is 2.26 bits per heavy atom. The van der Waals surface area contributed by atoms with Crippen molar-refractivity contribution >= 4 is 50.7 Å². The van der Waals surface area contributed by atoms with Gasteiger partial charge in [0.2, 0.25) is 21.8 Å². The van der Waals surface area contributed by atoms with Gasteiger partial charge in [-0.25, -0.2) is 8.42 Å². The van der Waals surface area contributed by atoms with Gasteiger partial charge in [0.15, 0.2) is 0 Å². The fraction of sp³-hybridized carbons (Fsp3) is 0.440. The van der Waals surface area contributed by atoms with Crippen molar-refractivity contribution in [3.8, 4) is 0 Å². The van der Waals surface area contributed by atoms with Gasteiger partial charge in [-0.1, -0.05) is 53.9 Å². The third-order valence-corrected chi connectivity index (χ3v) is 7.54. The molecule has 2 atom stereocenters. The molecule has 192 valence electrons. The van der Waals surface area contributed by atoms with Crippen molar-refractivity contribution in [2.45, 2.75) is 59.7 Å². The quantitative estimate of drug-likeness (QED) is 0.471. The van der Waals surface area contributed by atoms with E-state index in [0.29, 0.717) is 21.3 Å². The molecule has 0 aliphatic carbocycles. The average molecular weight is 543 g/mol. The second-order valence-corrected chi connectivity index (χ2v) is 11.6. The topological polar surface area (TPSA) is 86.8 Å². The maximum atomic E-state index is 13.6. The highest BCUT2D eigenvalue weighted by atomic mass is 35.5. The first-order valence-corrected chi connectivity index (χ1v) is 13.9. The molecule has 2 unspecified atom stereocenters. The van der Waals surface area contributed by atoms with E-state index in [9.17, 15) is 18.0 Å². The van der Waals surface area contributed by atoms with E-state index in [1.54, 1.807) is 44.2 Å². The molecular formula is C25H33Cl2N3O4S. The molecule has 0 aliphatic heterocycles. The lowest BCUT2D eigenvalue weighted by molar-refractivity contribution is -0.139. The molecule has 2 amide bonds. The minimum Gasteiger partial charge on any atom is -0.352 e. The summed E-state index contributed by atoms with van der Waals surface area (Å²) in [7, 11) is -3.80. The van der Waals surface area contributed by atoms with Crippen LogP contribution in [0.4, 0.5) is 5.69 Å². The second kappa shape index (κ2) is 12.1. The minimum absolute atomic E-state index is 0.00834. The Bertz CT molecular complexity index is 1190. The SMILES string of the molecule is CCC(C)NC(=O)C(C)N(Cc1ccc(Cl)cc1Cl)C(=O)CN(c1ccc(C)cc1C)S(C)(=O)=O. The molecule has 0 heterocycles. The zero-order valence-electron chi connectivity index (χ0n) is 20.9. The van der Waals surface area contributed by atoms with Crippen LogP contribution in [0.5, 0.6) is 0 Å². The van der Waals surface area contributed by atoms with Crippen molar-refractivity contribution in [3.05, 3.63) is 63.1 Å². The smallest absolute Gasteiger partial charge is 0.244 e. The summed E-state index contributed by atoms with van der Waals surface area (Å²) in [5.41, 5.74) is 2.69. The van der Waals surface area contributed by atoms with Crippen LogP contribution in [0.1, 0.15) is 43.9 Å². The molecule has 0 spiro atoms. The highest BCUT2D eigenvalue weighted by Crippen LogP contribution is 2.26. The van der Waals surface area contributed by atoms with Gasteiger partial charge in [0.05, 0.1) is 11.9 Å². The van der Waals surface area contributed by atoms with Gasteiger partial charge in [-0.3, -0.25) is 13.9 Å². The molecule has 0 bridgehead atoms. The second-order valence-electron chi connectivity index (χ2n) is 8.81. The number of nitrogens with one attached hydrogen (secondary N) is 1. The lowest BCUT2D eigenvalue weighted by Gasteiger charge is -2.32. The fourth-order valence-corrected chi connectivity index (χ4v) is 4.94. The Morgan fingerprint density at radius 1 is 1.06 bits per heavy atom. The minimum atomic E-state index is -3.80. The van der Waals surface area contributed by atoms with Crippen LogP contribution in [0.25, 0.3) is 0 Å². The van der Waals surface area contributed by atoms with Gasteiger partial charge >= 0.3 is 0 Å². The van der Waals surface area contributed by atoms with E-state index in [1.165, 1.54) is 4.90 Å². The van der Waals surface area contributed by atoms with Crippen LogP contribution < -0.4 is 9.62 Å². The summed E-state index contributed by atoms with van der Waals surface area (Å²) in [5, 5.41) is 3.67. The molecule has 0 fully saturated rings. The summed E-state index contributed by atoms with van der Waals surface area (Å²) < 4.78 is 26.5. The molecule has 0 saturated carbocycles. The van der Waals surface area contributed by atoms with E-state index in [2.05, 4.69) is 5.32 Å². The van der Waals surface area contributed by atoms with Crippen molar-refractivity contribution in [3.63, 3.8) is 0 Å². The molecule has 2 aromatic rings. The number of benzene rings is 2. The van der Waals surface area contributed by atoms with E-state index >= 15 is 0 Å². The van der Waals surface area contributed by atoms with Gasteiger partial charge in [-0.15, -0.1) is 0 Å². The molecule has 1 N–H and O–H groups in total. The fourth-order valence-electron chi connectivity index (χ4n) is 3.56. The van der Waals surface area contributed by atoms with E-state index in [0.717, 1.165) is 28.1 Å². The number of hydrogen-bond acceptors (Lipinski definition) is 4. The molecule has 0 saturated heterocycles. The number of nitrogens with zero attached hydrogens (tertiary/aromatic N) is 2. The molecular weight excluding hydrogens is 509 g/mol. The van der Waals surface area contributed by atoms with Crippen LogP contribution in [0.2, 0.25) is 10.0 Å². The predicted molar refractivity (Wildman–Crippen MR) is 142 cm³/mol. The Hall–Kier alpha value is -2.29. The summed E-state index contributed by atoms with van der Waals surface area (Å²) in [6, 6.07) is 9.26. The molecule has 35 heavy (non-hydrogen) atoms. The normalized spacial score (nSPS) is 13.1. The number of hydrogen-bond donors (Lipinski definition) is 1. The molecule has 0 aromatic heterocycles. The third-order valence-electron chi connectivity index (χ3n) is 5.82. The summed E-state index contributed by atoms with van der Waals surface area (Å²) in [5.74, 6) is -0.872. The zero-order chi connectivity index (χ0) is 26.5. The van der Waals surface area contributed by atoms with Crippen molar-refractivity contribution in [1.29, 1.82) is 0 Å². The number of rotatable bonds is 10.